The Morgan fingerprint density at radius 2 is 2.08 bits per heavy atom. The molecule has 2 unspecified atom stereocenters. The molecule has 0 saturated carbocycles. The van der Waals surface area contributed by atoms with Gasteiger partial charge in [0.05, 0.1) is 5.84 Å². The molecular formula is C7H14N4O. The molecule has 0 aliphatic carbocycles. The van der Waals surface area contributed by atoms with Gasteiger partial charge in [0.1, 0.15) is 0 Å². The number of primary amides is 1. The van der Waals surface area contributed by atoms with E-state index in [4.69, 9.17) is 16.9 Å². The molecule has 0 radical (unpaired) electrons. The highest BCUT2D eigenvalue weighted by Gasteiger charge is 2.30. The number of hydrogen-bond acceptors (Lipinski definition) is 3. The van der Waals surface area contributed by atoms with Gasteiger partial charge in [0.2, 0.25) is 5.91 Å². The second-order valence-electron chi connectivity index (χ2n) is 3.06. The Morgan fingerprint density at radius 3 is 2.50 bits per heavy atom. The number of hydrogen-bond donors (Lipinski definition) is 4. The summed E-state index contributed by atoms with van der Waals surface area (Å²) >= 11 is 0. The summed E-state index contributed by atoms with van der Waals surface area (Å²) in [5, 5.41) is 10.3. The summed E-state index contributed by atoms with van der Waals surface area (Å²) < 4.78 is 0. The predicted octanol–water partition coefficient (Wildman–Crippen LogP) is -1.37. The van der Waals surface area contributed by atoms with Gasteiger partial charge in [-0.3, -0.25) is 10.2 Å². The second-order valence-corrected chi connectivity index (χ2v) is 3.06. The molecule has 0 aromatic heterocycles. The third kappa shape index (κ3) is 1.73. The van der Waals surface area contributed by atoms with E-state index in [1.165, 1.54) is 0 Å². The molecule has 1 amide bonds. The molecule has 1 saturated heterocycles. The molecule has 1 rings (SSSR count). The summed E-state index contributed by atoms with van der Waals surface area (Å²) in [6.45, 7) is 1.36. The lowest BCUT2D eigenvalue weighted by atomic mass is 9.85. The van der Waals surface area contributed by atoms with Crippen LogP contribution in [0.4, 0.5) is 0 Å². The van der Waals surface area contributed by atoms with Crippen LogP contribution in [-0.4, -0.2) is 24.8 Å². The number of piperidine rings is 1. The van der Waals surface area contributed by atoms with Crippen LogP contribution in [0, 0.1) is 17.2 Å². The minimum atomic E-state index is -0.350. The van der Waals surface area contributed by atoms with Gasteiger partial charge in [-0.25, -0.2) is 0 Å². The van der Waals surface area contributed by atoms with Crippen molar-refractivity contribution >= 4 is 11.7 Å². The van der Waals surface area contributed by atoms with Crippen molar-refractivity contribution in [2.45, 2.75) is 6.42 Å². The van der Waals surface area contributed by atoms with Gasteiger partial charge in [0.15, 0.2) is 0 Å². The third-order valence-corrected chi connectivity index (χ3v) is 2.25. The summed E-state index contributed by atoms with van der Waals surface area (Å²) in [5.41, 5.74) is 10.5. The van der Waals surface area contributed by atoms with Gasteiger partial charge in [-0.1, -0.05) is 0 Å². The van der Waals surface area contributed by atoms with E-state index in [1.54, 1.807) is 0 Å². The highest BCUT2D eigenvalue weighted by Crippen LogP contribution is 2.18. The molecule has 0 spiro atoms. The zero-order chi connectivity index (χ0) is 9.14. The molecule has 12 heavy (non-hydrogen) atoms. The van der Waals surface area contributed by atoms with Crippen LogP contribution in [0.1, 0.15) is 6.42 Å². The second kappa shape index (κ2) is 3.53. The van der Waals surface area contributed by atoms with E-state index in [1.807, 2.05) is 0 Å². The van der Waals surface area contributed by atoms with Crippen molar-refractivity contribution in [2.24, 2.45) is 23.3 Å². The van der Waals surface area contributed by atoms with Gasteiger partial charge in [-0.05, 0) is 13.0 Å². The van der Waals surface area contributed by atoms with Gasteiger partial charge < -0.3 is 16.8 Å². The van der Waals surface area contributed by atoms with Gasteiger partial charge in [0.25, 0.3) is 0 Å². The molecule has 1 aliphatic rings. The molecule has 1 fully saturated rings. The summed E-state index contributed by atoms with van der Waals surface area (Å²) in [5.74, 6) is -0.775. The summed E-state index contributed by atoms with van der Waals surface area (Å²) in [6.07, 6.45) is 0.680. The van der Waals surface area contributed by atoms with Crippen molar-refractivity contribution < 1.29 is 4.79 Å². The van der Waals surface area contributed by atoms with Gasteiger partial charge in [0, 0.05) is 18.4 Å². The van der Waals surface area contributed by atoms with Crippen molar-refractivity contribution in [3.05, 3.63) is 0 Å². The predicted molar refractivity (Wildman–Crippen MR) is 45.6 cm³/mol. The Hall–Kier alpha value is -1.10. The van der Waals surface area contributed by atoms with E-state index in [2.05, 4.69) is 5.32 Å². The smallest absolute Gasteiger partial charge is 0.221 e. The number of amidine groups is 1. The maximum atomic E-state index is 10.9. The van der Waals surface area contributed by atoms with E-state index >= 15 is 0 Å². The Balaban J connectivity index is 2.67. The Bertz CT molecular complexity index is 182. The quantitative estimate of drug-likeness (QED) is 0.303. The first-order valence-electron chi connectivity index (χ1n) is 3.97. The third-order valence-electron chi connectivity index (χ3n) is 2.25. The molecule has 5 nitrogen and oxygen atoms in total. The summed E-state index contributed by atoms with van der Waals surface area (Å²) in [7, 11) is 0. The fraction of sp³-hybridized carbons (Fsp3) is 0.714. The normalized spacial score (nSPS) is 29.7. The first-order chi connectivity index (χ1) is 5.63. The van der Waals surface area contributed by atoms with Crippen molar-refractivity contribution in [1.29, 1.82) is 5.41 Å². The molecule has 68 valence electrons. The maximum Gasteiger partial charge on any atom is 0.221 e. The van der Waals surface area contributed by atoms with Gasteiger partial charge in [-0.15, -0.1) is 0 Å². The molecule has 0 aromatic carbocycles. The van der Waals surface area contributed by atoms with Crippen LogP contribution < -0.4 is 16.8 Å². The number of rotatable bonds is 2. The van der Waals surface area contributed by atoms with Crippen LogP contribution in [0.5, 0.6) is 0 Å². The highest BCUT2D eigenvalue weighted by atomic mass is 16.1. The topological polar surface area (TPSA) is 105 Å². The number of carbonyl (C=O) groups is 1. The minimum Gasteiger partial charge on any atom is -0.387 e. The van der Waals surface area contributed by atoms with Crippen molar-refractivity contribution in [3.8, 4) is 0 Å². The van der Waals surface area contributed by atoms with Crippen LogP contribution in [0.15, 0.2) is 0 Å². The number of nitrogens with one attached hydrogen (secondary N) is 2. The summed E-state index contributed by atoms with van der Waals surface area (Å²) in [6, 6.07) is 0. The molecule has 0 aromatic rings. The van der Waals surface area contributed by atoms with Crippen LogP contribution in [0.25, 0.3) is 0 Å². The Morgan fingerprint density at radius 1 is 1.42 bits per heavy atom. The van der Waals surface area contributed by atoms with E-state index in [0.29, 0.717) is 13.0 Å². The molecule has 1 heterocycles. The fourth-order valence-electron chi connectivity index (χ4n) is 1.53. The molecule has 5 heteroatoms. The first-order valence-corrected chi connectivity index (χ1v) is 3.97. The molecular weight excluding hydrogens is 156 g/mol. The monoisotopic (exact) mass is 170 g/mol. The first kappa shape index (κ1) is 8.99. The average Bonchev–Trinajstić information content (AvgIpc) is 2.04. The van der Waals surface area contributed by atoms with Crippen molar-refractivity contribution in [2.75, 3.05) is 13.1 Å². The van der Waals surface area contributed by atoms with Crippen LogP contribution in [0.3, 0.4) is 0 Å². The lowest BCUT2D eigenvalue weighted by Crippen LogP contribution is -2.47. The number of amides is 1. The lowest BCUT2D eigenvalue weighted by molar-refractivity contribution is -0.123. The Labute approximate surface area is 71.0 Å². The highest BCUT2D eigenvalue weighted by molar-refractivity contribution is 5.87. The van der Waals surface area contributed by atoms with Crippen LogP contribution in [0.2, 0.25) is 0 Å². The largest absolute Gasteiger partial charge is 0.387 e. The van der Waals surface area contributed by atoms with E-state index in [9.17, 15) is 4.79 Å². The zero-order valence-electron chi connectivity index (χ0n) is 6.84. The maximum absolute atomic E-state index is 10.9. The number of carbonyl (C=O) groups excluding carboxylic acids is 1. The van der Waals surface area contributed by atoms with Crippen molar-refractivity contribution in [3.63, 3.8) is 0 Å². The Kier molecular flexibility index (Phi) is 2.65. The van der Waals surface area contributed by atoms with Crippen LogP contribution >= 0.6 is 0 Å². The van der Waals surface area contributed by atoms with Crippen LogP contribution in [-0.2, 0) is 4.79 Å². The van der Waals surface area contributed by atoms with E-state index in [-0.39, 0.29) is 23.6 Å². The van der Waals surface area contributed by atoms with Gasteiger partial charge in [-0.2, -0.15) is 0 Å². The lowest BCUT2D eigenvalue weighted by Gasteiger charge is -2.28. The zero-order valence-corrected chi connectivity index (χ0v) is 6.84. The summed E-state index contributed by atoms with van der Waals surface area (Å²) in [4.78, 5) is 10.9. The van der Waals surface area contributed by atoms with E-state index < -0.39 is 0 Å². The standard InChI is InChI=1S/C7H14N4O/c8-6(9)5-3-11-2-1-4(5)7(10)12/h4-5,11H,1-3H2,(H3,8,9)(H2,10,12). The van der Waals surface area contributed by atoms with Crippen molar-refractivity contribution in [1.82, 2.24) is 5.32 Å². The molecule has 2 atom stereocenters. The average molecular weight is 170 g/mol. The molecule has 1 aliphatic heterocycles. The molecule has 0 bridgehead atoms. The van der Waals surface area contributed by atoms with E-state index in [0.717, 1.165) is 6.54 Å². The fourth-order valence-corrected chi connectivity index (χ4v) is 1.53. The number of nitrogens with two attached hydrogens (primary N) is 2. The minimum absolute atomic E-state index is 0.0472. The molecule has 6 N–H and O–H groups in total. The SMILES string of the molecule is N=C(N)C1CNCCC1C(N)=O. The van der Waals surface area contributed by atoms with Gasteiger partial charge >= 0.3 is 0 Å².